The van der Waals surface area contributed by atoms with E-state index in [4.69, 9.17) is 37.9 Å². The molecule has 4 aliphatic rings. The van der Waals surface area contributed by atoms with E-state index in [9.17, 15) is 85.9 Å². The van der Waals surface area contributed by atoms with Gasteiger partial charge in [-0.3, -0.25) is 14.4 Å². The van der Waals surface area contributed by atoms with Gasteiger partial charge in [-0.2, -0.15) is 0 Å². The monoisotopic (exact) mass is 937 g/mol. The lowest BCUT2D eigenvalue weighted by Gasteiger charge is -2.51. The van der Waals surface area contributed by atoms with Gasteiger partial charge in [-0.15, -0.1) is 0 Å². The first kappa shape index (κ1) is 54.1. The minimum absolute atomic E-state index is 0.752. The second-order valence-corrected chi connectivity index (χ2v) is 15.9. The van der Waals surface area contributed by atoms with Gasteiger partial charge in [-0.1, -0.05) is 0 Å². The van der Waals surface area contributed by atoms with Crippen molar-refractivity contribution < 1.29 is 124 Å². The molecular weight excluding hydrogens is 874 g/mol. The zero-order valence-electron chi connectivity index (χ0n) is 35.1. The summed E-state index contributed by atoms with van der Waals surface area (Å²) in [6, 6.07) is -4.97. The van der Waals surface area contributed by atoms with Crippen molar-refractivity contribution in [1.82, 2.24) is 16.0 Å². The van der Waals surface area contributed by atoms with Crippen LogP contribution >= 0.6 is 0 Å². The average molecular weight is 938 g/mol. The number of ether oxygens (including phenoxy) is 8. The van der Waals surface area contributed by atoms with Crippen molar-refractivity contribution >= 4 is 17.7 Å². The summed E-state index contributed by atoms with van der Waals surface area (Å²) in [6.07, 6.45) is -39.6. The largest absolute Gasteiger partial charge is 0.394 e. The summed E-state index contributed by atoms with van der Waals surface area (Å²) < 4.78 is 47.4. The predicted molar refractivity (Wildman–Crippen MR) is 202 cm³/mol. The number of rotatable bonds is 19. The Morgan fingerprint density at radius 3 is 1.53 bits per heavy atom. The molecule has 3 amide bonds. The van der Waals surface area contributed by atoms with Gasteiger partial charge in [0, 0.05) is 20.8 Å². The lowest BCUT2D eigenvalue weighted by molar-refractivity contribution is -0.394. The third kappa shape index (κ3) is 12.5. The summed E-state index contributed by atoms with van der Waals surface area (Å²) >= 11 is 0. The van der Waals surface area contributed by atoms with Crippen LogP contribution in [-0.4, -0.2) is 269 Å². The molecule has 64 heavy (non-hydrogen) atoms. The standard InChI is InChI=1S/C36H63N3O25/c1-10-21(49)27(55)28(56)35(57-10)64-32-31(25(53)18(9-44)60-36(32)61-29(22(50)15(48)6-41)14(5-40)37-11(2)45)63-34-20(39-13(4)47)30(24(52)17(8-43)59-34)62-33-19(38-12(3)46)26(54)23(51)16(7-42)58-33/h10,14-36,40-44,48-56H,5-9H2,1-4H3,(H,37,45)(H,38,46)(H,39,47)/t10-,14+,15-,16-,17-,18-,19-,20-,21+,22+,23-,24+,25+,26-,27+,28-,29-,30-,31+,32-,33-,34-,35-,36+/m1/s1. The van der Waals surface area contributed by atoms with Crippen molar-refractivity contribution in [3.05, 3.63) is 0 Å². The Balaban J connectivity index is 1.84. The molecule has 4 saturated heterocycles. The van der Waals surface area contributed by atoms with Crippen molar-refractivity contribution in [2.45, 2.75) is 175 Å². The Morgan fingerprint density at radius 1 is 0.531 bits per heavy atom. The van der Waals surface area contributed by atoms with E-state index in [1.165, 1.54) is 6.92 Å². The number of aliphatic hydroxyl groups excluding tert-OH is 14. The Kier molecular flexibility index (Phi) is 20.3. The molecule has 0 unspecified atom stereocenters. The molecule has 0 bridgehead atoms. The van der Waals surface area contributed by atoms with Gasteiger partial charge in [0.1, 0.15) is 110 Å². The first-order chi connectivity index (χ1) is 30.1. The molecule has 4 aliphatic heterocycles. The molecule has 0 aromatic carbocycles. The number of nitrogens with one attached hydrogen (secondary N) is 3. The number of hydrogen-bond donors (Lipinski definition) is 17. The lowest BCUT2D eigenvalue weighted by atomic mass is 9.93. The maximum absolute atomic E-state index is 12.8. The summed E-state index contributed by atoms with van der Waals surface area (Å²) in [5, 5.41) is 156. The fraction of sp³-hybridized carbons (Fsp3) is 0.917. The maximum Gasteiger partial charge on any atom is 0.217 e. The number of aliphatic hydroxyl groups is 14. The highest BCUT2D eigenvalue weighted by atomic mass is 16.8. The fourth-order valence-electron chi connectivity index (χ4n) is 7.75. The van der Waals surface area contributed by atoms with Crippen LogP contribution in [0.3, 0.4) is 0 Å². The van der Waals surface area contributed by atoms with Crippen LogP contribution in [0.5, 0.6) is 0 Å². The van der Waals surface area contributed by atoms with E-state index in [0.717, 1.165) is 20.8 Å². The van der Waals surface area contributed by atoms with Crippen molar-refractivity contribution in [2.24, 2.45) is 0 Å². The molecule has 0 aliphatic carbocycles. The van der Waals surface area contributed by atoms with Gasteiger partial charge in [0.25, 0.3) is 0 Å². The molecule has 28 nitrogen and oxygen atoms in total. The van der Waals surface area contributed by atoms with E-state index in [1.54, 1.807) is 0 Å². The fourth-order valence-corrected chi connectivity index (χ4v) is 7.75. The molecule has 24 atom stereocenters. The maximum atomic E-state index is 12.8. The van der Waals surface area contributed by atoms with Crippen molar-refractivity contribution in [1.29, 1.82) is 0 Å². The summed E-state index contributed by atoms with van der Waals surface area (Å²) in [5.41, 5.74) is 0. The van der Waals surface area contributed by atoms with Crippen LogP contribution in [0, 0.1) is 0 Å². The van der Waals surface area contributed by atoms with Crippen molar-refractivity contribution in [3.63, 3.8) is 0 Å². The normalized spacial score (nSPS) is 42.5. The zero-order chi connectivity index (χ0) is 47.9. The zero-order valence-corrected chi connectivity index (χ0v) is 35.1. The molecule has 4 fully saturated rings. The Morgan fingerprint density at radius 2 is 1.02 bits per heavy atom. The van der Waals surface area contributed by atoms with E-state index >= 15 is 0 Å². The van der Waals surface area contributed by atoms with Gasteiger partial charge in [-0.05, 0) is 6.92 Å². The molecule has 372 valence electrons. The van der Waals surface area contributed by atoms with Gasteiger partial charge in [-0.25, -0.2) is 0 Å². The summed E-state index contributed by atoms with van der Waals surface area (Å²) in [4.78, 5) is 37.1. The molecule has 28 heteroatoms. The lowest BCUT2D eigenvalue weighted by Crippen LogP contribution is -2.71. The first-order valence-corrected chi connectivity index (χ1v) is 20.4. The number of carbonyl (C=O) groups is 3. The molecule has 17 N–H and O–H groups in total. The van der Waals surface area contributed by atoms with Crippen molar-refractivity contribution in [3.8, 4) is 0 Å². The molecule has 0 spiro atoms. The van der Waals surface area contributed by atoms with Crippen LogP contribution in [0.4, 0.5) is 0 Å². The third-order valence-electron chi connectivity index (χ3n) is 11.1. The van der Waals surface area contributed by atoms with E-state index in [0.29, 0.717) is 0 Å². The Hall–Kier alpha value is -2.47. The highest BCUT2D eigenvalue weighted by molar-refractivity contribution is 5.74. The SMILES string of the molecule is CC(=O)N[C@H]1[C@@H](O[C@H]2[C@@H](O)[C@@H](CO)O[C@H](O[C@H]3[C@@H](O)[C@@H](CO)O[C@@H](O[C@@H]([C@@H](O)[C@H](O)CO)[C@H](CO)NC(C)=O)[C@@H]3O[C@H]3O[C@H](C)[C@H](O)[C@H](O)[C@H]3O)[C@@H]2NC(C)=O)O[C@H](CO)[C@@H](O)[C@@H]1O. The second kappa shape index (κ2) is 24.0. The van der Waals surface area contributed by atoms with Gasteiger partial charge in [0.05, 0.1) is 45.2 Å². The van der Waals surface area contributed by atoms with E-state index in [1.807, 2.05) is 0 Å². The summed E-state index contributed by atoms with van der Waals surface area (Å²) in [5.74, 6) is -2.38. The van der Waals surface area contributed by atoms with Gasteiger partial charge in [0.15, 0.2) is 25.2 Å². The molecule has 0 aromatic rings. The van der Waals surface area contributed by atoms with Crippen LogP contribution in [0.25, 0.3) is 0 Å². The Labute approximate surface area is 365 Å². The van der Waals surface area contributed by atoms with E-state index in [2.05, 4.69) is 16.0 Å². The quantitative estimate of drug-likeness (QED) is 0.0572. The molecular formula is C36H63N3O25. The molecule has 0 aromatic heterocycles. The topological polar surface area (TPSA) is 444 Å². The number of carbonyl (C=O) groups excluding carboxylic acids is 3. The molecule has 0 saturated carbocycles. The molecule has 4 rings (SSSR count). The van der Waals surface area contributed by atoms with Crippen LogP contribution in [0.15, 0.2) is 0 Å². The third-order valence-corrected chi connectivity index (χ3v) is 11.1. The smallest absolute Gasteiger partial charge is 0.217 e. The number of hydrogen-bond acceptors (Lipinski definition) is 25. The van der Waals surface area contributed by atoms with Crippen LogP contribution in [-0.2, 0) is 52.3 Å². The van der Waals surface area contributed by atoms with Gasteiger partial charge >= 0.3 is 0 Å². The first-order valence-electron chi connectivity index (χ1n) is 20.4. The Bertz CT molecular complexity index is 1490. The highest BCUT2D eigenvalue weighted by Crippen LogP contribution is 2.36. The van der Waals surface area contributed by atoms with Gasteiger partial charge < -0.3 is 125 Å². The van der Waals surface area contributed by atoms with Crippen LogP contribution < -0.4 is 16.0 Å². The minimum Gasteiger partial charge on any atom is -0.394 e. The highest BCUT2D eigenvalue weighted by Gasteiger charge is 2.57. The molecule has 4 heterocycles. The summed E-state index contributed by atoms with van der Waals surface area (Å²) in [6.45, 7) is -0.618. The van der Waals surface area contributed by atoms with Crippen LogP contribution in [0.1, 0.15) is 27.7 Å². The summed E-state index contributed by atoms with van der Waals surface area (Å²) in [7, 11) is 0. The molecule has 0 radical (unpaired) electrons. The predicted octanol–water partition coefficient (Wildman–Crippen LogP) is -10.8. The van der Waals surface area contributed by atoms with E-state index in [-0.39, 0.29) is 0 Å². The average Bonchev–Trinajstić information content (AvgIpc) is 3.25. The van der Waals surface area contributed by atoms with Gasteiger partial charge in [0.2, 0.25) is 17.7 Å². The number of amides is 3. The van der Waals surface area contributed by atoms with Crippen molar-refractivity contribution in [2.75, 3.05) is 33.0 Å². The minimum atomic E-state index is -2.16. The second-order valence-electron chi connectivity index (χ2n) is 15.9. The van der Waals surface area contributed by atoms with Crippen LogP contribution in [0.2, 0.25) is 0 Å². The van der Waals surface area contributed by atoms with E-state index < -0.39 is 198 Å².